The zero-order valence-electron chi connectivity index (χ0n) is 14.1. The molecule has 2 aromatic rings. The molecule has 130 valence electrons. The number of thiazole rings is 1. The van der Waals surface area contributed by atoms with Crippen molar-refractivity contribution in [2.75, 3.05) is 14.2 Å². The minimum Gasteiger partial charge on any atom is -0.465 e. The van der Waals surface area contributed by atoms with Gasteiger partial charge in [-0.05, 0) is 25.0 Å². The van der Waals surface area contributed by atoms with Crippen LogP contribution in [0.4, 0.5) is 0 Å². The first kappa shape index (κ1) is 18.6. The molecule has 2 rings (SSSR count). The van der Waals surface area contributed by atoms with Gasteiger partial charge in [0.1, 0.15) is 0 Å². The summed E-state index contributed by atoms with van der Waals surface area (Å²) >= 11 is 1.51. The van der Waals surface area contributed by atoms with Gasteiger partial charge in [0.15, 0.2) is 0 Å². The van der Waals surface area contributed by atoms with Crippen molar-refractivity contribution in [2.24, 2.45) is 0 Å². The highest BCUT2D eigenvalue weighted by atomic mass is 32.2. The number of carbonyl (C=O) groups excluding carboxylic acids is 1. The predicted molar refractivity (Wildman–Crippen MR) is 92.7 cm³/mol. The summed E-state index contributed by atoms with van der Waals surface area (Å²) in [6.07, 6.45) is 0.811. The smallest absolute Gasteiger partial charge is 0.339 e. The monoisotopic (exact) mass is 368 g/mol. The van der Waals surface area contributed by atoms with Crippen molar-refractivity contribution in [3.8, 4) is 0 Å². The summed E-state index contributed by atoms with van der Waals surface area (Å²) in [4.78, 5) is 16.3. The van der Waals surface area contributed by atoms with Crippen molar-refractivity contribution in [2.45, 2.75) is 31.7 Å². The van der Waals surface area contributed by atoms with Crippen molar-refractivity contribution < 1.29 is 17.9 Å². The molecule has 0 bridgehead atoms. The molecule has 0 unspecified atom stereocenters. The maximum atomic E-state index is 12.9. The number of esters is 1. The van der Waals surface area contributed by atoms with Crippen LogP contribution in [0.5, 0.6) is 0 Å². The number of nitrogens with zero attached hydrogens (tertiary/aromatic N) is 2. The Morgan fingerprint density at radius 3 is 2.67 bits per heavy atom. The number of hydrogen-bond donors (Lipinski definition) is 0. The Balaban J connectivity index is 2.39. The zero-order chi connectivity index (χ0) is 17.9. The Bertz CT molecular complexity index is 844. The van der Waals surface area contributed by atoms with Crippen molar-refractivity contribution in [1.29, 1.82) is 0 Å². The van der Waals surface area contributed by atoms with Crippen LogP contribution in [0.25, 0.3) is 0 Å². The number of benzene rings is 1. The fourth-order valence-corrected chi connectivity index (χ4v) is 4.41. The average Bonchev–Trinajstić information content (AvgIpc) is 3.01. The van der Waals surface area contributed by atoms with Crippen molar-refractivity contribution >= 4 is 27.3 Å². The second-order valence-corrected chi connectivity index (χ2v) is 8.24. The van der Waals surface area contributed by atoms with Gasteiger partial charge in [-0.3, -0.25) is 0 Å². The highest BCUT2D eigenvalue weighted by Crippen LogP contribution is 2.24. The Labute approximate surface area is 146 Å². The van der Waals surface area contributed by atoms with Crippen LogP contribution in [0, 0.1) is 6.92 Å². The zero-order valence-corrected chi connectivity index (χ0v) is 15.7. The Kier molecular flexibility index (Phi) is 5.74. The van der Waals surface area contributed by atoms with Gasteiger partial charge in [0.25, 0.3) is 0 Å². The number of methoxy groups -OCH3 is 1. The van der Waals surface area contributed by atoms with E-state index in [1.165, 1.54) is 35.9 Å². The van der Waals surface area contributed by atoms with Crippen LogP contribution < -0.4 is 0 Å². The van der Waals surface area contributed by atoms with E-state index in [9.17, 15) is 13.2 Å². The number of rotatable bonds is 6. The number of aromatic nitrogens is 1. The normalized spacial score (nSPS) is 11.7. The van der Waals surface area contributed by atoms with Gasteiger partial charge >= 0.3 is 5.97 Å². The van der Waals surface area contributed by atoms with E-state index in [1.54, 1.807) is 19.1 Å². The summed E-state index contributed by atoms with van der Waals surface area (Å²) in [5.74, 6) is -0.665. The van der Waals surface area contributed by atoms with Crippen molar-refractivity contribution in [1.82, 2.24) is 9.29 Å². The molecule has 1 heterocycles. The lowest BCUT2D eigenvalue weighted by atomic mass is 10.1. The fraction of sp³-hybridized carbons (Fsp3) is 0.375. The molecule has 0 atom stereocenters. The molecule has 0 N–H and O–H groups in total. The molecule has 1 aromatic heterocycles. The van der Waals surface area contributed by atoms with Gasteiger partial charge in [-0.1, -0.05) is 19.1 Å². The quantitative estimate of drug-likeness (QED) is 0.733. The van der Waals surface area contributed by atoms with Gasteiger partial charge in [0, 0.05) is 12.4 Å². The molecule has 0 fully saturated rings. The number of carbonyl (C=O) groups is 1. The van der Waals surface area contributed by atoms with E-state index in [0.29, 0.717) is 11.3 Å². The third-order valence-electron chi connectivity index (χ3n) is 3.60. The first-order chi connectivity index (χ1) is 11.3. The molecule has 6 nitrogen and oxygen atoms in total. The third kappa shape index (κ3) is 3.66. The standard InChI is InChI=1S/C16H20N2O4S2/c1-5-14-17-12(10-23-14)9-18(3)24(20,21)13-8-6-7-11(2)15(13)16(19)22-4/h6-8,10H,5,9H2,1-4H3. The Morgan fingerprint density at radius 1 is 1.38 bits per heavy atom. The third-order valence-corrected chi connectivity index (χ3v) is 6.49. The van der Waals surface area contributed by atoms with Crippen LogP contribution in [0.2, 0.25) is 0 Å². The molecule has 0 spiro atoms. The van der Waals surface area contributed by atoms with E-state index in [2.05, 4.69) is 4.98 Å². The largest absolute Gasteiger partial charge is 0.465 e. The molecule has 8 heteroatoms. The van der Waals surface area contributed by atoms with E-state index in [1.807, 2.05) is 12.3 Å². The summed E-state index contributed by atoms with van der Waals surface area (Å²) in [5, 5.41) is 2.81. The predicted octanol–water partition coefficient (Wildman–Crippen LogP) is 2.62. The van der Waals surface area contributed by atoms with Crippen LogP contribution in [0.15, 0.2) is 28.5 Å². The summed E-state index contributed by atoms with van der Waals surface area (Å²) in [5.41, 5.74) is 1.31. The van der Waals surface area contributed by atoms with Gasteiger partial charge in [-0.15, -0.1) is 11.3 Å². The number of ether oxygens (including phenoxy) is 1. The second kappa shape index (κ2) is 7.42. The van der Waals surface area contributed by atoms with Crippen molar-refractivity contribution in [3.63, 3.8) is 0 Å². The van der Waals surface area contributed by atoms with Gasteiger partial charge in [-0.25, -0.2) is 18.2 Å². The molecular formula is C16H20N2O4S2. The molecule has 0 saturated carbocycles. The second-order valence-electron chi connectivity index (χ2n) is 5.29. The van der Waals surface area contributed by atoms with Gasteiger partial charge in [0.2, 0.25) is 10.0 Å². The van der Waals surface area contributed by atoms with E-state index in [4.69, 9.17) is 4.74 Å². The number of hydrogen-bond acceptors (Lipinski definition) is 6. The first-order valence-corrected chi connectivity index (χ1v) is 9.70. The minimum absolute atomic E-state index is 0.0530. The van der Waals surface area contributed by atoms with E-state index < -0.39 is 16.0 Å². The lowest BCUT2D eigenvalue weighted by Gasteiger charge is -2.18. The van der Waals surface area contributed by atoms with E-state index in [-0.39, 0.29) is 17.0 Å². The summed E-state index contributed by atoms with van der Waals surface area (Å²) in [7, 11) is -1.14. The van der Waals surface area contributed by atoms with Crippen LogP contribution in [0.3, 0.4) is 0 Å². The molecule has 0 amide bonds. The average molecular weight is 368 g/mol. The summed E-state index contributed by atoms with van der Waals surface area (Å²) < 4.78 is 31.7. The minimum atomic E-state index is -3.85. The highest BCUT2D eigenvalue weighted by molar-refractivity contribution is 7.89. The fourth-order valence-electron chi connectivity index (χ4n) is 2.28. The molecule has 0 radical (unpaired) electrons. The molecule has 0 aliphatic carbocycles. The topological polar surface area (TPSA) is 76.6 Å². The van der Waals surface area contributed by atoms with Crippen LogP contribution in [0.1, 0.15) is 33.5 Å². The van der Waals surface area contributed by atoms with Gasteiger partial charge in [0.05, 0.1) is 34.8 Å². The lowest BCUT2D eigenvalue weighted by Crippen LogP contribution is -2.28. The highest BCUT2D eigenvalue weighted by Gasteiger charge is 2.28. The molecule has 24 heavy (non-hydrogen) atoms. The number of aryl methyl sites for hydroxylation is 2. The molecular weight excluding hydrogens is 348 g/mol. The Hall–Kier alpha value is -1.77. The van der Waals surface area contributed by atoms with Crippen LogP contribution in [-0.4, -0.2) is 37.8 Å². The van der Waals surface area contributed by atoms with E-state index >= 15 is 0 Å². The van der Waals surface area contributed by atoms with Crippen molar-refractivity contribution in [3.05, 3.63) is 45.4 Å². The molecule has 0 saturated heterocycles. The number of sulfonamides is 1. The summed E-state index contributed by atoms with van der Waals surface area (Å²) in [6, 6.07) is 4.71. The van der Waals surface area contributed by atoms with Crippen LogP contribution in [-0.2, 0) is 27.7 Å². The molecule has 1 aromatic carbocycles. The maximum absolute atomic E-state index is 12.9. The van der Waals surface area contributed by atoms with Gasteiger partial charge < -0.3 is 4.74 Å². The molecule has 0 aliphatic heterocycles. The Morgan fingerprint density at radius 2 is 2.08 bits per heavy atom. The van der Waals surface area contributed by atoms with Gasteiger partial charge in [-0.2, -0.15) is 4.31 Å². The lowest BCUT2D eigenvalue weighted by molar-refractivity contribution is 0.0595. The van der Waals surface area contributed by atoms with Crippen LogP contribution >= 0.6 is 11.3 Å². The maximum Gasteiger partial charge on any atom is 0.339 e. The first-order valence-electron chi connectivity index (χ1n) is 7.38. The summed E-state index contributed by atoms with van der Waals surface area (Å²) in [6.45, 7) is 3.82. The SMILES string of the molecule is CCc1nc(CN(C)S(=O)(=O)c2cccc(C)c2C(=O)OC)cs1. The van der Waals surface area contributed by atoms with E-state index in [0.717, 1.165) is 11.4 Å². The molecule has 0 aliphatic rings.